The largest absolute Gasteiger partial charge is 0.299 e. The van der Waals surface area contributed by atoms with Gasteiger partial charge in [-0.15, -0.1) is 0 Å². The van der Waals surface area contributed by atoms with Crippen molar-refractivity contribution >= 4 is 15.8 Å². The second-order valence-corrected chi connectivity index (χ2v) is 6.55. The van der Waals surface area contributed by atoms with Crippen molar-refractivity contribution in [3.8, 4) is 6.07 Å². The lowest BCUT2D eigenvalue weighted by Gasteiger charge is -2.29. The zero-order valence-electron chi connectivity index (χ0n) is 10.5. The summed E-state index contributed by atoms with van der Waals surface area (Å²) in [6.07, 6.45) is 0.261. The molecule has 1 fully saturated rings. The van der Waals surface area contributed by atoms with Gasteiger partial charge in [-0.25, -0.2) is 8.42 Å². The minimum Gasteiger partial charge on any atom is -0.299 e. The van der Waals surface area contributed by atoms with Gasteiger partial charge in [0.2, 0.25) is 10.0 Å². The monoisotopic (exact) mass is 278 g/mol. The molecule has 0 saturated carbocycles. The van der Waals surface area contributed by atoms with E-state index in [1.165, 1.54) is 28.6 Å². The SMILES string of the molecule is CC1CN(S(=O)(=O)c2ccc(C#N)cc2)CCC1=O. The molecular formula is C13H14N2O3S. The minimum atomic E-state index is -3.57. The molecule has 0 aromatic heterocycles. The number of Topliss-reactive ketones (excluding diaryl/α,β-unsaturated/α-hetero) is 1. The van der Waals surface area contributed by atoms with Crippen LogP contribution in [0.2, 0.25) is 0 Å². The Morgan fingerprint density at radius 2 is 1.95 bits per heavy atom. The predicted molar refractivity (Wildman–Crippen MR) is 68.7 cm³/mol. The highest BCUT2D eigenvalue weighted by atomic mass is 32.2. The lowest BCUT2D eigenvalue weighted by molar-refractivity contribution is -0.124. The first-order valence-electron chi connectivity index (χ1n) is 5.98. The maximum Gasteiger partial charge on any atom is 0.243 e. The first kappa shape index (κ1) is 13.7. The molecule has 2 rings (SSSR count). The lowest BCUT2D eigenvalue weighted by Crippen LogP contribution is -2.43. The van der Waals surface area contributed by atoms with Crippen LogP contribution in [0, 0.1) is 17.2 Å². The van der Waals surface area contributed by atoms with Gasteiger partial charge in [0.05, 0.1) is 16.5 Å². The summed E-state index contributed by atoms with van der Waals surface area (Å²) in [5.74, 6) is -0.159. The van der Waals surface area contributed by atoms with Crippen LogP contribution in [0.25, 0.3) is 0 Å². The van der Waals surface area contributed by atoms with Gasteiger partial charge >= 0.3 is 0 Å². The Labute approximate surface area is 112 Å². The molecule has 0 amide bonds. The molecule has 0 N–H and O–H groups in total. The lowest BCUT2D eigenvalue weighted by atomic mass is 10.0. The van der Waals surface area contributed by atoms with E-state index in [2.05, 4.69) is 0 Å². The first-order valence-corrected chi connectivity index (χ1v) is 7.42. The topological polar surface area (TPSA) is 78.2 Å². The number of hydrogen-bond donors (Lipinski definition) is 0. The Hall–Kier alpha value is -1.71. The Balaban J connectivity index is 2.27. The maximum atomic E-state index is 12.4. The van der Waals surface area contributed by atoms with Crippen molar-refractivity contribution in [1.29, 1.82) is 5.26 Å². The summed E-state index contributed by atoms with van der Waals surface area (Å²) in [4.78, 5) is 11.6. The molecule has 1 unspecified atom stereocenters. The van der Waals surface area contributed by atoms with Crippen LogP contribution in [0.5, 0.6) is 0 Å². The third-order valence-electron chi connectivity index (χ3n) is 3.26. The second kappa shape index (κ2) is 5.11. The summed E-state index contributed by atoms with van der Waals surface area (Å²) >= 11 is 0. The molecule has 1 saturated heterocycles. The molecule has 1 aromatic rings. The normalized spacial score (nSPS) is 21.1. The summed E-state index contributed by atoms with van der Waals surface area (Å²) in [7, 11) is -3.57. The average Bonchev–Trinajstić information content (AvgIpc) is 2.41. The van der Waals surface area contributed by atoms with Crippen molar-refractivity contribution in [3.63, 3.8) is 0 Å². The van der Waals surface area contributed by atoms with Crippen molar-refractivity contribution in [3.05, 3.63) is 29.8 Å². The molecule has 100 valence electrons. The molecule has 5 nitrogen and oxygen atoms in total. The molecule has 0 spiro atoms. The standard InChI is InChI=1S/C13H14N2O3S/c1-10-9-15(7-6-13(10)16)19(17,18)12-4-2-11(8-14)3-5-12/h2-5,10H,6-7,9H2,1H3. The summed E-state index contributed by atoms with van der Waals surface area (Å²) in [6.45, 7) is 2.19. The van der Waals surface area contributed by atoms with Gasteiger partial charge in [-0.3, -0.25) is 4.79 Å². The number of rotatable bonds is 2. The van der Waals surface area contributed by atoms with Crippen molar-refractivity contribution < 1.29 is 13.2 Å². The van der Waals surface area contributed by atoms with Crippen molar-refractivity contribution in [2.45, 2.75) is 18.2 Å². The molecule has 19 heavy (non-hydrogen) atoms. The van der Waals surface area contributed by atoms with Gasteiger partial charge < -0.3 is 0 Å². The van der Waals surface area contributed by atoms with Crippen molar-refractivity contribution in [2.75, 3.05) is 13.1 Å². The number of benzene rings is 1. The molecular weight excluding hydrogens is 264 g/mol. The van der Waals surface area contributed by atoms with E-state index in [1.54, 1.807) is 6.92 Å². The highest BCUT2D eigenvalue weighted by molar-refractivity contribution is 7.89. The summed E-state index contributed by atoms with van der Waals surface area (Å²) in [6, 6.07) is 7.75. The molecule has 1 heterocycles. The number of piperidine rings is 1. The molecule has 1 aliphatic heterocycles. The van der Waals surface area contributed by atoms with Gasteiger partial charge in [0.15, 0.2) is 0 Å². The average molecular weight is 278 g/mol. The van der Waals surface area contributed by atoms with Gasteiger partial charge in [-0.05, 0) is 24.3 Å². The molecule has 1 aromatic carbocycles. The maximum absolute atomic E-state index is 12.4. The Morgan fingerprint density at radius 3 is 2.47 bits per heavy atom. The van der Waals surface area contributed by atoms with E-state index in [-0.39, 0.29) is 36.1 Å². The highest BCUT2D eigenvalue weighted by Gasteiger charge is 2.32. The van der Waals surface area contributed by atoms with E-state index < -0.39 is 10.0 Å². The van der Waals surface area contributed by atoms with E-state index in [0.29, 0.717) is 5.56 Å². The van der Waals surface area contributed by atoms with Gasteiger partial charge in [-0.1, -0.05) is 6.92 Å². The third kappa shape index (κ3) is 2.67. The zero-order chi connectivity index (χ0) is 14.0. The molecule has 1 aliphatic rings. The quantitative estimate of drug-likeness (QED) is 0.813. The summed E-state index contributed by atoms with van der Waals surface area (Å²) in [5.41, 5.74) is 0.418. The predicted octanol–water partition coefficient (Wildman–Crippen LogP) is 1.16. The van der Waals surface area contributed by atoms with E-state index in [0.717, 1.165) is 0 Å². The van der Waals surface area contributed by atoms with Crippen LogP contribution >= 0.6 is 0 Å². The third-order valence-corrected chi connectivity index (χ3v) is 5.14. The summed E-state index contributed by atoms with van der Waals surface area (Å²) in [5, 5.41) is 8.70. The molecule has 0 bridgehead atoms. The second-order valence-electron chi connectivity index (χ2n) is 4.62. The number of nitrogens with zero attached hydrogens (tertiary/aromatic N) is 2. The van der Waals surface area contributed by atoms with Crippen LogP contribution in [0.15, 0.2) is 29.2 Å². The Kier molecular flexibility index (Phi) is 3.69. The fourth-order valence-electron chi connectivity index (χ4n) is 2.05. The van der Waals surface area contributed by atoms with E-state index in [9.17, 15) is 13.2 Å². The number of carbonyl (C=O) groups excluding carboxylic acids is 1. The highest BCUT2D eigenvalue weighted by Crippen LogP contribution is 2.21. The van der Waals surface area contributed by atoms with Crippen LogP contribution in [0.1, 0.15) is 18.9 Å². The number of hydrogen-bond acceptors (Lipinski definition) is 4. The van der Waals surface area contributed by atoms with E-state index >= 15 is 0 Å². The van der Waals surface area contributed by atoms with E-state index in [4.69, 9.17) is 5.26 Å². The number of sulfonamides is 1. The first-order chi connectivity index (χ1) is 8.95. The Bertz CT molecular complexity index is 629. The molecule has 6 heteroatoms. The van der Waals surface area contributed by atoms with Crippen LogP contribution in [0.3, 0.4) is 0 Å². The fraction of sp³-hybridized carbons (Fsp3) is 0.385. The van der Waals surface area contributed by atoms with Crippen LogP contribution in [-0.4, -0.2) is 31.6 Å². The van der Waals surface area contributed by atoms with Crippen molar-refractivity contribution in [2.24, 2.45) is 5.92 Å². The Morgan fingerprint density at radius 1 is 1.32 bits per heavy atom. The zero-order valence-corrected chi connectivity index (χ0v) is 11.4. The fourth-order valence-corrected chi connectivity index (χ4v) is 3.58. The molecule has 0 aliphatic carbocycles. The van der Waals surface area contributed by atoms with Crippen LogP contribution < -0.4 is 0 Å². The molecule has 0 radical (unpaired) electrons. The minimum absolute atomic E-state index is 0.103. The van der Waals surface area contributed by atoms with Gasteiger partial charge in [-0.2, -0.15) is 9.57 Å². The van der Waals surface area contributed by atoms with Crippen molar-refractivity contribution in [1.82, 2.24) is 4.31 Å². The molecule has 1 atom stereocenters. The van der Waals surface area contributed by atoms with Gasteiger partial charge in [0.1, 0.15) is 5.78 Å². The van der Waals surface area contributed by atoms with Crippen LogP contribution in [-0.2, 0) is 14.8 Å². The van der Waals surface area contributed by atoms with Crippen LogP contribution in [0.4, 0.5) is 0 Å². The van der Waals surface area contributed by atoms with E-state index in [1.807, 2.05) is 6.07 Å². The smallest absolute Gasteiger partial charge is 0.243 e. The summed E-state index contributed by atoms with van der Waals surface area (Å²) < 4.78 is 26.1. The number of nitriles is 1. The number of carbonyl (C=O) groups is 1. The van der Waals surface area contributed by atoms with Gasteiger partial charge in [0, 0.05) is 25.4 Å². The van der Waals surface area contributed by atoms with Gasteiger partial charge in [0.25, 0.3) is 0 Å². The number of ketones is 1.